The maximum Gasteiger partial charge on any atom is 0.251 e. The highest BCUT2D eigenvalue weighted by Crippen LogP contribution is 2.22. The molecule has 6 nitrogen and oxygen atoms in total. The van der Waals surface area contributed by atoms with Gasteiger partial charge in [0.05, 0.1) is 18.1 Å². The zero-order valence-electron chi connectivity index (χ0n) is 17.4. The zero-order chi connectivity index (χ0) is 21.6. The largest absolute Gasteiger partial charge is 0.379 e. The number of carbonyl (C=O) groups is 1. The standard InChI is InChI=1S/C22H28N2O4S2/c1-17-4-3-5-19(14-17)16-29-13-8-23-22(25)20-7-6-18(2)21(15-20)30(26,27)24-9-11-28-12-10-24/h3-7,14-15H,8-13,16H2,1-2H3,(H,23,25). The van der Waals surface area contributed by atoms with Gasteiger partial charge in [-0.3, -0.25) is 4.79 Å². The molecular weight excluding hydrogens is 420 g/mol. The smallest absolute Gasteiger partial charge is 0.251 e. The third kappa shape index (κ3) is 5.85. The highest BCUT2D eigenvalue weighted by Gasteiger charge is 2.28. The lowest BCUT2D eigenvalue weighted by atomic mass is 10.1. The fourth-order valence-electron chi connectivity index (χ4n) is 3.28. The Morgan fingerprint density at radius 2 is 1.90 bits per heavy atom. The van der Waals surface area contributed by atoms with E-state index in [1.54, 1.807) is 30.8 Å². The molecule has 0 bridgehead atoms. The van der Waals surface area contributed by atoms with Gasteiger partial charge in [0.15, 0.2) is 0 Å². The van der Waals surface area contributed by atoms with Crippen molar-refractivity contribution < 1.29 is 17.9 Å². The third-order valence-electron chi connectivity index (χ3n) is 4.92. The monoisotopic (exact) mass is 448 g/mol. The number of aryl methyl sites for hydroxylation is 2. The second-order valence-electron chi connectivity index (χ2n) is 7.29. The Morgan fingerprint density at radius 1 is 1.13 bits per heavy atom. The minimum atomic E-state index is -3.64. The first-order valence-corrected chi connectivity index (χ1v) is 12.6. The van der Waals surface area contributed by atoms with Crippen molar-refractivity contribution in [2.45, 2.75) is 24.5 Å². The normalized spacial score (nSPS) is 15.1. The van der Waals surface area contributed by atoms with Crippen molar-refractivity contribution in [2.75, 3.05) is 38.6 Å². The number of nitrogens with zero attached hydrogens (tertiary/aromatic N) is 1. The van der Waals surface area contributed by atoms with Gasteiger partial charge in [0, 0.05) is 36.7 Å². The Kier molecular flexibility index (Phi) is 7.93. The Bertz CT molecular complexity index is 986. The lowest BCUT2D eigenvalue weighted by Crippen LogP contribution is -2.41. The number of rotatable bonds is 8. The van der Waals surface area contributed by atoms with Gasteiger partial charge >= 0.3 is 0 Å². The third-order valence-corrected chi connectivity index (χ3v) is 7.99. The number of sulfonamides is 1. The molecule has 0 aromatic heterocycles. The molecule has 1 saturated heterocycles. The maximum absolute atomic E-state index is 13.0. The Labute approximate surface area is 183 Å². The van der Waals surface area contributed by atoms with E-state index in [1.807, 2.05) is 6.07 Å². The van der Waals surface area contributed by atoms with Crippen LogP contribution in [0.25, 0.3) is 0 Å². The molecule has 0 unspecified atom stereocenters. The summed E-state index contributed by atoms with van der Waals surface area (Å²) in [5.41, 5.74) is 3.49. The van der Waals surface area contributed by atoms with Crippen LogP contribution in [-0.2, 0) is 20.5 Å². The molecule has 0 aliphatic carbocycles. The summed E-state index contributed by atoms with van der Waals surface area (Å²) >= 11 is 1.75. The first-order chi connectivity index (χ1) is 14.4. The van der Waals surface area contributed by atoms with Gasteiger partial charge in [0.2, 0.25) is 10.0 Å². The van der Waals surface area contributed by atoms with Gasteiger partial charge in [-0.1, -0.05) is 35.9 Å². The van der Waals surface area contributed by atoms with Crippen LogP contribution in [0.1, 0.15) is 27.0 Å². The van der Waals surface area contributed by atoms with Crippen LogP contribution >= 0.6 is 11.8 Å². The molecule has 1 aliphatic rings. The van der Waals surface area contributed by atoms with Gasteiger partial charge in [0.25, 0.3) is 5.91 Å². The Morgan fingerprint density at radius 3 is 2.63 bits per heavy atom. The van der Waals surface area contributed by atoms with E-state index < -0.39 is 10.0 Å². The summed E-state index contributed by atoms with van der Waals surface area (Å²) < 4.78 is 32.6. The minimum absolute atomic E-state index is 0.186. The molecule has 0 saturated carbocycles. The number of hydrogen-bond donors (Lipinski definition) is 1. The van der Waals surface area contributed by atoms with E-state index in [4.69, 9.17) is 4.74 Å². The summed E-state index contributed by atoms with van der Waals surface area (Å²) in [6.07, 6.45) is 0. The van der Waals surface area contributed by atoms with Crippen molar-refractivity contribution in [3.63, 3.8) is 0 Å². The molecule has 1 N–H and O–H groups in total. The SMILES string of the molecule is Cc1cccc(CSCCNC(=O)c2ccc(C)c(S(=O)(=O)N3CCOCC3)c2)c1. The number of morpholine rings is 1. The van der Waals surface area contributed by atoms with E-state index in [0.29, 0.717) is 44.0 Å². The van der Waals surface area contributed by atoms with Crippen LogP contribution in [0.2, 0.25) is 0 Å². The van der Waals surface area contributed by atoms with E-state index in [1.165, 1.54) is 21.5 Å². The highest BCUT2D eigenvalue weighted by atomic mass is 32.2. The van der Waals surface area contributed by atoms with Crippen LogP contribution in [0, 0.1) is 13.8 Å². The first-order valence-electron chi connectivity index (χ1n) is 9.98. The fraction of sp³-hybridized carbons (Fsp3) is 0.409. The van der Waals surface area contributed by atoms with E-state index in [9.17, 15) is 13.2 Å². The van der Waals surface area contributed by atoms with E-state index >= 15 is 0 Å². The molecule has 162 valence electrons. The number of hydrogen-bond acceptors (Lipinski definition) is 5. The van der Waals surface area contributed by atoms with Crippen LogP contribution < -0.4 is 5.32 Å². The van der Waals surface area contributed by atoms with Gasteiger partial charge in [0.1, 0.15) is 0 Å². The summed E-state index contributed by atoms with van der Waals surface area (Å²) in [6, 6.07) is 13.2. The highest BCUT2D eigenvalue weighted by molar-refractivity contribution is 7.98. The van der Waals surface area contributed by atoms with E-state index in [0.717, 1.165) is 11.5 Å². The molecule has 0 radical (unpaired) electrons. The predicted octanol–water partition coefficient (Wildman–Crippen LogP) is 2.99. The molecule has 2 aromatic rings. The van der Waals surface area contributed by atoms with Crippen molar-refractivity contribution in [3.05, 3.63) is 64.7 Å². The average molecular weight is 449 g/mol. The molecule has 0 spiro atoms. The number of amides is 1. The molecule has 0 atom stereocenters. The molecule has 3 rings (SSSR count). The van der Waals surface area contributed by atoms with Crippen molar-refractivity contribution >= 4 is 27.7 Å². The van der Waals surface area contributed by atoms with Gasteiger partial charge in [-0.25, -0.2) is 8.42 Å². The predicted molar refractivity (Wildman–Crippen MR) is 120 cm³/mol. The van der Waals surface area contributed by atoms with Crippen LogP contribution in [0.5, 0.6) is 0 Å². The molecule has 1 heterocycles. The summed E-state index contributed by atoms with van der Waals surface area (Å²) in [7, 11) is -3.64. The van der Waals surface area contributed by atoms with E-state index in [-0.39, 0.29) is 10.8 Å². The van der Waals surface area contributed by atoms with Crippen LogP contribution in [0.15, 0.2) is 47.4 Å². The van der Waals surface area contributed by atoms with E-state index in [2.05, 4.69) is 30.4 Å². The van der Waals surface area contributed by atoms with Gasteiger partial charge < -0.3 is 10.1 Å². The quantitative estimate of drug-likeness (QED) is 0.629. The topological polar surface area (TPSA) is 75.7 Å². The van der Waals surface area contributed by atoms with Crippen LogP contribution in [0.3, 0.4) is 0 Å². The summed E-state index contributed by atoms with van der Waals surface area (Å²) in [5.74, 6) is 1.42. The number of ether oxygens (including phenoxy) is 1. The molecule has 8 heteroatoms. The second-order valence-corrected chi connectivity index (χ2v) is 10.3. The van der Waals surface area contributed by atoms with Gasteiger partial charge in [-0.05, 0) is 37.1 Å². The average Bonchev–Trinajstić information content (AvgIpc) is 2.74. The summed E-state index contributed by atoms with van der Waals surface area (Å²) in [4.78, 5) is 12.7. The molecule has 1 aliphatic heterocycles. The Balaban J connectivity index is 1.56. The minimum Gasteiger partial charge on any atom is -0.379 e. The van der Waals surface area contributed by atoms with Crippen LogP contribution in [-0.4, -0.2) is 57.2 Å². The van der Waals surface area contributed by atoms with Crippen molar-refractivity contribution in [1.82, 2.24) is 9.62 Å². The fourth-order valence-corrected chi connectivity index (χ4v) is 5.74. The second kappa shape index (κ2) is 10.4. The van der Waals surface area contributed by atoms with Gasteiger partial charge in [-0.2, -0.15) is 16.1 Å². The van der Waals surface area contributed by atoms with Crippen LogP contribution in [0.4, 0.5) is 0 Å². The lowest BCUT2D eigenvalue weighted by Gasteiger charge is -2.26. The number of carbonyl (C=O) groups excluding carboxylic acids is 1. The molecular formula is C22H28N2O4S2. The molecule has 30 heavy (non-hydrogen) atoms. The zero-order valence-corrected chi connectivity index (χ0v) is 19.0. The summed E-state index contributed by atoms with van der Waals surface area (Å²) in [6.45, 7) is 5.78. The number of thioether (sulfide) groups is 1. The Hall–Kier alpha value is -1.87. The number of benzene rings is 2. The maximum atomic E-state index is 13.0. The molecule has 1 amide bonds. The molecule has 2 aromatic carbocycles. The first kappa shape index (κ1) is 22.8. The van der Waals surface area contributed by atoms with Gasteiger partial charge in [-0.15, -0.1) is 0 Å². The van der Waals surface area contributed by atoms with Crippen molar-refractivity contribution in [1.29, 1.82) is 0 Å². The number of nitrogens with one attached hydrogen (secondary N) is 1. The van der Waals surface area contributed by atoms with Crippen molar-refractivity contribution in [2.24, 2.45) is 0 Å². The van der Waals surface area contributed by atoms with Crippen molar-refractivity contribution in [3.8, 4) is 0 Å². The summed E-state index contributed by atoms with van der Waals surface area (Å²) in [5, 5.41) is 2.89. The molecule has 1 fully saturated rings. The lowest BCUT2D eigenvalue weighted by molar-refractivity contribution is 0.0730.